The molecule has 0 N–H and O–H groups in total. The summed E-state index contributed by atoms with van der Waals surface area (Å²) in [5, 5.41) is 3.35. The van der Waals surface area contributed by atoms with Crippen molar-refractivity contribution in [3.8, 4) is 16.3 Å². The molecule has 0 aliphatic heterocycles. The van der Waals surface area contributed by atoms with Gasteiger partial charge >= 0.3 is 0 Å². The number of thiazole rings is 1. The maximum atomic E-state index is 5.44. The van der Waals surface area contributed by atoms with Gasteiger partial charge in [-0.2, -0.15) is 0 Å². The molecule has 102 valence electrons. The molecule has 2 nitrogen and oxygen atoms in total. The summed E-state index contributed by atoms with van der Waals surface area (Å²) in [6.45, 7) is 0. The fraction of sp³-hybridized carbons (Fsp3) is 0.0556. The zero-order valence-electron chi connectivity index (χ0n) is 11.5. The molecule has 0 radical (unpaired) electrons. The topological polar surface area (TPSA) is 22.1 Å². The highest BCUT2D eigenvalue weighted by Gasteiger charge is 2.09. The molecule has 0 saturated heterocycles. The standard InChI is InChI=1S/C18H13NOS/c1-20-16-9-5-8-13-10-17-15(11-14(13)16)19-18(21-17)12-6-3-2-4-7-12/h2-11H,1H3. The minimum absolute atomic E-state index is 0.892. The minimum atomic E-state index is 0.892. The van der Waals surface area contributed by atoms with Crippen LogP contribution in [0.15, 0.2) is 60.7 Å². The van der Waals surface area contributed by atoms with Gasteiger partial charge in [-0.25, -0.2) is 4.98 Å². The van der Waals surface area contributed by atoms with E-state index in [1.165, 1.54) is 10.1 Å². The van der Waals surface area contributed by atoms with Crippen molar-refractivity contribution in [1.29, 1.82) is 0 Å². The molecule has 0 spiro atoms. The summed E-state index contributed by atoms with van der Waals surface area (Å²) in [6.07, 6.45) is 0. The Balaban J connectivity index is 1.97. The highest BCUT2D eigenvalue weighted by atomic mass is 32.1. The first-order chi connectivity index (χ1) is 10.3. The van der Waals surface area contributed by atoms with E-state index in [2.05, 4.69) is 30.3 Å². The van der Waals surface area contributed by atoms with Gasteiger partial charge in [0.1, 0.15) is 10.8 Å². The van der Waals surface area contributed by atoms with Crippen LogP contribution in [0, 0.1) is 0 Å². The van der Waals surface area contributed by atoms with E-state index < -0.39 is 0 Å². The van der Waals surface area contributed by atoms with Crippen molar-refractivity contribution in [2.75, 3.05) is 7.11 Å². The zero-order chi connectivity index (χ0) is 14.2. The van der Waals surface area contributed by atoms with Crippen molar-refractivity contribution in [3.63, 3.8) is 0 Å². The lowest BCUT2D eigenvalue weighted by Gasteiger charge is -2.04. The number of ether oxygens (including phenoxy) is 1. The normalized spacial score (nSPS) is 11.1. The third-order valence-electron chi connectivity index (χ3n) is 3.59. The summed E-state index contributed by atoms with van der Waals surface area (Å²) in [6, 6.07) is 20.7. The molecule has 3 heteroatoms. The van der Waals surface area contributed by atoms with Crippen molar-refractivity contribution in [2.45, 2.75) is 0 Å². The Morgan fingerprint density at radius 2 is 1.81 bits per heavy atom. The molecule has 1 heterocycles. The van der Waals surface area contributed by atoms with Crippen LogP contribution >= 0.6 is 11.3 Å². The summed E-state index contributed by atoms with van der Waals surface area (Å²) in [7, 11) is 1.70. The molecule has 0 aliphatic carbocycles. The van der Waals surface area contributed by atoms with E-state index in [9.17, 15) is 0 Å². The van der Waals surface area contributed by atoms with E-state index in [0.717, 1.165) is 27.2 Å². The Hall–Kier alpha value is -2.39. The second-order valence-electron chi connectivity index (χ2n) is 4.89. The lowest BCUT2D eigenvalue weighted by Crippen LogP contribution is -1.84. The first-order valence-electron chi connectivity index (χ1n) is 6.78. The number of hydrogen-bond acceptors (Lipinski definition) is 3. The maximum Gasteiger partial charge on any atom is 0.126 e. The maximum absolute atomic E-state index is 5.44. The summed E-state index contributed by atoms with van der Waals surface area (Å²) in [4.78, 5) is 4.77. The minimum Gasteiger partial charge on any atom is -0.496 e. The van der Waals surface area contributed by atoms with E-state index >= 15 is 0 Å². The molecule has 0 atom stereocenters. The first kappa shape index (κ1) is 12.4. The second kappa shape index (κ2) is 4.86. The van der Waals surface area contributed by atoms with E-state index in [4.69, 9.17) is 9.72 Å². The SMILES string of the molecule is COc1cccc2cc3sc(-c4ccccc4)nc3cc12. The Bertz CT molecular complexity index is 928. The molecular weight excluding hydrogens is 278 g/mol. The van der Waals surface area contributed by atoms with Crippen LogP contribution in [0.25, 0.3) is 31.6 Å². The smallest absolute Gasteiger partial charge is 0.126 e. The van der Waals surface area contributed by atoms with Gasteiger partial charge in [-0.1, -0.05) is 42.5 Å². The van der Waals surface area contributed by atoms with Crippen LogP contribution in [0.5, 0.6) is 5.75 Å². The van der Waals surface area contributed by atoms with Crippen molar-refractivity contribution < 1.29 is 4.74 Å². The van der Waals surface area contributed by atoms with Gasteiger partial charge in [-0.05, 0) is 23.6 Å². The van der Waals surface area contributed by atoms with E-state index in [1.807, 2.05) is 30.3 Å². The van der Waals surface area contributed by atoms with Gasteiger partial charge in [-0.3, -0.25) is 0 Å². The number of hydrogen-bond donors (Lipinski definition) is 0. The van der Waals surface area contributed by atoms with Gasteiger partial charge in [0.2, 0.25) is 0 Å². The lowest BCUT2D eigenvalue weighted by atomic mass is 10.1. The van der Waals surface area contributed by atoms with Crippen LogP contribution in [0.4, 0.5) is 0 Å². The van der Waals surface area contributed by atoms with Crippen molar-refractivity contribution in [3.05, 3.63) is 60.7 Å². The predicted octanol–water partition coefficient (Wildman–Crippen LogP) is 5.13. The number of benzene rings is 3. The van der Waals surface area contributed by atoms with Crippen LogP contribution in [-0.4, -0.2) is 12.1 Å². The van der Waals surface area contributed by atoms with Crippen molar-refractivity contribution >= 4 is 32.3 Å². The Morgan fingerprint density at radius 3 is 2.62 bits per heavy atom. The zero-order valence-corrected chi connectivity index (χ0v) is 12.4. The number of nitrogens with zero attached hydrogens (tertiary/aromatic N) is 1. The molecule has 0 aliphatic rings. The van der Waals surface area contributed by atoms with Crippen LogP contribution < -0.4 is 4.74 Å². The monoisotopic (exact) mass is 291 g/mol. The first-order valence-corrected chi connectivity index (χ1v) is 7.59. The fourth-order valence-electron chi connectivity index (χ4n) is 2.55. The molecule has 1 aromatic heterocycles. The van der Waals surface area contributed by atoms with Crippen molar-refractivity contribution in [2.24, 2.45) is 0 Å². The summed E-state index contributed by atoms with van der Waals surface area (Å²) in [5.41, 5.74) is 2.19. The highest BCUT2D eigenvalue weighted by molar-refractivity contribution is 7.21. The Morgan fingerprint density at radius 1 is 0.952 bits per heavy atom. The average Bonchev–Trinajstić information content (AvgIpc) is 2.96. The molecule has 21 heavy (non-hydrogen) atoms. The molecule has 0 saturated carbocycles. The number of fused-ring (bicyclic) bond motifs is 2. The quantitative estimate of drug-likeness (QED) is 0.511. The summed E-state index contributed by atoms with van der Waals surface area (Å²) >= 11 is 1.73. The molecule has 4 aromatic rings. The molecule has 0 bridgehead atoms. The van der Waals surface area contributed by atoms with Gasteiger partial charge in [0.05, 0.1) is 17.3 Å². The lowest BCUT2D eigenvalue weighted by molar-refractivity contribution is 0.420. The van der Waals surface area contributed by atoms with E-state index in [1.54, 1.807) is 18.4 Å². The predicted molar refractivity (Wildman–Crippen MR) is 89.1 cm³/mol. The van der Waals surface area contributed by atoms with Gasteiger partial charge in [0.25, 0.3) is 0 Å². The van der Waals surface area contributed by atoms with Crippen LogP contribution in [-0.2, 0) is 0 Å². The molecule has 0 fully saturated rings. The largest absolute Gasteiger partial charge is 0.496 e. The van der Waals surface area contributed by atoms with Crippen LogP contribution in [0.1, 0.15) is 0 Å². The van der Waals surface area contributed by atoms with Gasteiger partial charge in [0, 0.05) is 10.9 Å². The van der Waals surface area contributed by atoms with Gasteiger partial charge in [-0.15, -0.1) is 11.3 Å². The van der Waals surface area contributed by atoms with E-state index in [-0.39, 0.29) is 0 Å². The molecule has 3 aromatic carbocycles. The van der Waals surface area contributed by atoms with E-state index in [0.29, 0.717) is 0 Å². The number of rotatable bonds is 2. The summed E-state index contributed by atoms with van der Waals surface area (Å²) < 4.78 is 6.65. The molecular formula is C18H13NOS. The number of methoxy groups -OCH3 is 1. The third kappa shape index (κ3) is 2.06. The molecule has 4 rings (SSSR count). The van der Waals surface area contributed by atoms with Crippen LogP contribution in [0.3, 0.4) is 0 Å². The van der Waals surface area contributed by atoms with Gasteiger partial charge in [0.15, 0.2) is 0 Å². The number of aromatic nitrogens is 1. The third-order valence-corrected chi connectivity index (χ3v) is 4.66. The fourth-order valence-corrected chi connectivity index (χ4v) is 3.55. The molecule has 0 unspecified atom stereocenters. The molecule has 0 amide bonds. The second-order valence-corrected chi connectivity index (χ2v) is 5.92. The van der Waals surface area contributed by atoms with Crippen molar-refractivity contribution in [1.82, 2.24) is 4.98 Å². The Labute approximate surface area is 126 Å². The van der Waals surface area contributed by atoms with Gasteiger partial charge < -0.3 is 4.74 Å². The highest BCUT2D eigenvalue weighted by Crippen LogP contribution is 2.35. The Kier molecular flexibility index (Phi) is 2.86. The average molecular weight is 291 g/mol. The van der Waals surface area contributed by atoms with Crippen LogP contribution in [0.2, 0.25) is 0 Å². The summed E-state index contributed by atoms with van der Waals surface area (Å²) in [5.74, 6) is 0.892.